The van der Waals surface area contributed by atoms with Gasteiger partial charge in [0.25, 0.3) is 0 Å². The van der Waals surface area contributed by atoms with Crippen LogP contribution in [0.3, 0.4) is 0 Å². The van der Waals surface area contributed by atoms with Crippen LogP contribution in [-0.2, 0) is 11.3 Å². The van der Waals surface area contributed by atoms with Crippen LogP contribution in [0, 0.1) is 16.7 Å². The Balaban J connectivity index is 1.55. The van der Waals surface area contributed by atoms with Gasteiger partial charge in [0.15, 0.2) is 0 Å². The molecule has 5 heteroatoms. The van der Waals surface area contributed by atoms with E-state index >= 15 is 0 Å². The molecule has 1 amide bonds. The van der Waals surface area contributed by atoms with Gasteiger partial charge in [-0.1, -0.05) is 32.9 Å². The second kappa shape index (κ2) is 5.41. The van der Waals surface area contributed by atoms with Crippen molar-refractivity contribution < 1.29 is 4.79 Å². The third-order valence-electron chi connectivity index (χ3n) is 7.18. The summed E-state index contributed by atoms with van der Waals surface area (Å²) in [6.07, 6.45) is 4.79. The molecule has 2 bridgehead atoms. The van der Waals surface area contributed by atoms with Gasteiger partial charge < -0.3 is 5.32 Å². The number of amides is 1. The van der Waals surface area contributed by atoms with Crippen LogP contribution in [0.1, 0.15) is 40.0 Å². The largest absolute Gasteiger partial charge is 0.351 e. The van der Waals surface area contributed by atoms with E-state index in [2.05, 4.69) is 31.2 Å². The van der Waals surface area contributed by atoms with Crippen LogP contribution in [0.25, 0.3) is 10.9 Å². The number of carbonyl (C=O) groups excluding carboxylic acids is 1. The Morgan fingerprint density at radius 3 is 2.76 bits per heavy atom. The number of nitrogens with one attached hydrogen (secondary N) is 1. The molecule has 25 heavy (non-hydrogen) atoms. The predicted molar refractivity (Wildman–Crippen MR) is 97.2 cm³/mol. The first-order valence-corrected chi connectivity index (χ1v) is 9.07. The molecule has 2 aromatic rings. The fraction of sp³-hybridized carbons (Fsp3) is 0.550. The van der Waals surface area contributed by atoms with Crippen molar-refractivity contribution in [2.75, 3.05) is 0 Å². The van der Waals surface area contributed by atoms with Gasteiger partial charge in [-0.2, -0.15) is 5.10 Å². The quantitative estimate of drug-likeness (QED) is 0.935. The van der Waals surface area contributed by atoms with E-state index in [1.165, 1.54) is 19.0 Å². The lowest BCUT2D eigenvalue weighted by molar-refractivity contribution is -0.123. The van der Waals surface area contributed by atoms with Crippen LogP contribution in [-0.4, -0.2) is 21.7 Å². The third-order valence-corrected chi connectivity index (χ3v) is 7.18. The highest BCUT2D eigenvalue weighted by atomic mass is 16.2. The molecule has 3 unspecified atom stereocenters. The average molecular weight is 339 g/mol. The zero-order chi connectivity index (χ0) is 17.8. The van der Waals surface area contributed by atoms with E-state index in [-0.39, 0.29) is 34.8 Å². The van der Waals surface area contributed by atoms with E-state index in [0.717, 1.165) is 6.42 Å². The minimum atomic E-state index is -0.116. The van der Waals surface area contributed by atoms with E-state index in [4.69, 9.17) is 0 Å². The van der Waals surface area contributed by atoms with Crippen molar-refractivity contribution in [3.8, 4) is 0 Å². The average Bonchev–Trinajstić information content (AvgIpc) is 2.91. The maximum absolute atomic E-state index is 12.7. The van der Waals surface area contributed by atoms with Gasteiger partial charge in [0, 0.05) is 11.4 Å². The molecular weight excluding hydrogens is 314 g/mol. The molecule has 1 heterocycles. The Hall–Kier alpha value is -2.17. The summed E-state index contributed by atoms with van der Waals surface area (Å²) in [5.41, 5.74) is 1.01. The molecule has 2 fully saturated rings. The topological polar surface area (TPSA) is 64.0 Å². The predicted octanol–water partition coefficient (Wildman–Crippen LogP) is 2.73. The second-order valence-corrected chi connectivity index (χ2v) is 8.41. The molecule has 4 rings (SSSR count). The minimum Gasteiger partial charge on any atom is -0.351 e. The van der Waals surface area contributed by atoms with E-state index in [0.29, 0.717) is 16.8 Å². The van der Waals surface area contributed by atoms with Crippen molar-refractivity contribution in [3.05, 3.63) is 40.7 Å². The third kappa shape index (κ3) is 2.32. The fourth-order valence-electron chi connectivity index (χ4n) is 5.08. The standard InChI is InChI=1S/C20H25N3O2/c1-19(2)13-8-9-20(19,3)17(10-13)22-18(25)12-23-15-7-5-4-6-14(15)16(24)11-21-23/h4-7,11,13,17H,8-10,12H2,1-3H3,(H,22,25). The summed E-state index contributed by atoms with van der Waals surface area (Å²) in [5.74, 6) is 0.657. The molecule has 5 nitrogen and oxygen atoms in total. The van der Waals surface area contributed by atoms with Crippen molar-refractivity contribution in [3.63, 3.8) is 0 Å². The molecule has 0 saturated heterocycles. The fourth-order valence-corrected chi connectivity index (χ4v) is 5.08. The minimum absolute atomic E-state index is 0.0316. The van der Waals surface area contributed by atoms with Crippen LogP contribution < -0.4 is 10.7 Å². The number of hydrogen-bond acceptors (Lipinski definition) is 3. The monoisotopic (exact) mass is 339 g/mol. The van der Waals surface area contributed by atoms with Crippen molar-refractivity contribution in [1.29, 1.82) is 0 Å². The van der Waals surface area contributed by atoms with E-state index < -0.39 is 0 Å². The Labute approximate surface area is 147 Å². The van der Waals surface area contributed by atoms with Gasteiger partial charge in [-0.05, 0) is 48.1 Å². The summed E-state index contributed by atoms with van der Waals surface area (Å²) in [5, 5.41) is 8.01. The SMILES string of the molecule is CC1(C)C2CCC1(C)C(NC(=O)Cn1ncc(=O)c3ccccc31)C2. The molecule has 0 spiro atoms. The van der Waals surface area contributed by atoms with Gasteiger partial charge >= 0.3 is 0 Å². The first-order chi connectivity index (χ1) is 11.8. The van der Waals surface area contributed by atoms with Crippen molar-refractivity contribution >= 4 is 16.8 Å². The number of para-hydroxylation sites is 1. The second-order valence-electron chi connectivity index (χ2n) is 8.41. The zero-order valence-electron chi connectivity index (χ0n) is 15.1. The highest BCUT2D eigenvalue weighted by Crippen LogP contribution is 2.65. The van der Waals surface area contributed by atoms with Crippen LogP contribution in [0.5, 0.6) is 0 Å². The number of hydrogen-bond donors (Lipinski definition) is 1. The lowest BCUT2D eigenvalue weighted by Gasteiger charge is -2.39. The van der Waals surface area contributed by atoms with Crippen LogP contribution >= 0.6 is 0 Å². The van der Waals surface area contributed by atoms with Crippen molar-refractivity contribution in [2.45, 2.75) is 52.6 Å². The summed E-state index contributed by atoms with van der Waals surface area (Å²) >= 11 is 0. The normalized spacial score (nSPS) is 29.9. The number of fused-ring (bicyclic) bond motifs is 3. The highest BCUT2D eigenvalue weighted by Gasteiger charge is 2.61. The molecule has 1 N–H and O–H groups in total. The zero-order valence-corrected chi connectivity index (χ0v) is 15.1. The molecular formula is C20H25N3O2. The van der Waals surface area contributed by atoms with Crippen molar-refractivity contribution in [1.82, 2.24) is 15.1 Å². The van der Waals surface area contributed by atoms with Gasteiger partial charge in [-0.25, -0.2) is 0 Å². The lowest BCUT2D eigenvalue weighted by atomic mass is 9.69. The van der Waals surface area contributed by atoms with Gasteiger partial charge in [-0.15, -0.1) is 0 Å². The summed E-state index contributed by atoms with van der Waals surface area (Å²) in [6.45, 7) is 7.14. The molecule has 0 radical (unpaired) electrons. The number of carbonyl (C=O) groups is 1. The molecule has 2 saturated carbocycles. The van der Waals surface area contributed by atoms with Gasteiger partial charge in [0.2, 0.25) is 11.3 Å². The first kappa shape index (κ1) is 16.3. The van der Waals surface area contributed by atoms with Crippen LogP contribution in [0.4, 0.5) is 0 Å². The Kier molecular flexibility index (Phi) is 3.53. The molecule has 3 atom stereocenters. The number of rotatable bonds is 3. The summed E-state index contributed by atoms with van der Waals surface area (Å²) in [4.78, 5) is 24.6. The number of nitrogens with zero attached hydrogens (tertiary/aromatic N) is 2. The maximum atomic E-state index is 12.7. The molecule has 1 aromatic carbocycles. The summed E-state index contributed by atoms with van der Waals surface area (Å²) in [6, 6.07) is 7.51. The maximum Gasteiger partial charge on any atom is 0.241 e. The van der Waals surface area contributed by atoms with Crippen LogP contribution in [0.2, 0.25) is 0 Å². The van der Waals surface area contributed by atoms with E-state index in [9.17, 15) is 9.59 Å². The molecule has 2 aliphatic carbocycles. The van der Waals surface area contributed by atoms with Crippen molar-refractivity contribution in [2.24, 2.45) is 16.7 Å². The lowest BCUT2D eigenvalue weighted by Crippen LogP contribution is -2.47. The highest BCUT2D eigenvalue weighted by molar-refractivity contribution is 5.81. The molecule has 0 aliphatic heterocycles. The van der Waals surface area contributed by atoms with E-state index in [1.807, 2.05) is 18.2 Å². The van der Waals surface area contributed by atoms with Gasteiger partial charge in [-0.3, -0.25) is 14.3 Å². The van der Waals surface area contributed by atoms with Gasteiger partial charge in [0.05, 0.1) is 11.7 Å². The summed E-state index contributed by atoms with van der Waals surface area (Å²) < 4.78 is 1.62. The Morgan fingerprint density at radius 1 is 1.32 bits per heavy atom. The molecule has 2 aliphatic rings. The molecule has 132 valence electrons. The summed E-state index contributed by atoms with van der Waals surface area (Å²) in [7, 11) is 0. The van der Waals surface area contributed by atoms with E-state index in [1.54, 1.807) is 10.7 Å². The van der Waals surface area contributed by atoms with Gasteiger partial charge in [0.1, 0.15) is 6.54 Å². The first-order valence-electron chi connectivity index (χ1n) is 9.07. The Bertz CT molecular complexity index is 901. The molecule has 1 aromatic heterocycles. The number of aromatic nitrogens is 2. The smallest absolute Gasteiger partial charge is 0.241 e. The number of benzene rings is 1. The van der Waals surface area contributed by atoms with Crippen LogP contribution in [0.15, 0.2) is 35.3 Å². The Morgan fingerprint density at radius 2 is 2.08 bits per heavy atom.